The Kier molecular flexibility index (Phi) is 5.89. The van der Waals surface area contributed by atoms with E-state index in [0.29, 0.717) is 22.1 Å². The third-order valence-corrected chi connectivity index (χ3v) is 5.08. The second-order valence-electron chi connectivity index (χ2n) is 6.37. The molecule has 4 aromatic rings. The fraction of sp³-hybridized carbons (Fsp3) is 0.143. The molecule has 0 saturated heterocycles. The zero-order valence-electron chi connectivity index (χ0n) is 15.7. The van der Waals surface area contributed by atoms with Gasteiger partial charge < -0.3 is 9.73 Å². The molecule has 4 rings (SSSR count). The number of nitrogens with zero attached hydrogens (tertiary/aromatic N) is 3. The molecular formula is C21H17FN4O3S. The maximum atomic E-state index is 13.1. The number of aromatic nitrogens is 3. The Morgan fingerprint density at radius 3 is 2.70 bits per heavy atom. The lowest BCUT2D eigenvalue weighted by Crippen LogP contribution is -2.32. The van der Waals surface area contributed by atoms with Crippen LogP contribution in [-0.4, -0.2) is 33.0 Å². The van der Waals surface area contributed by atoms with E-state index in [1.807, 2.05) is 24.3 Å². The Morgan fingerprint density at radius 1 is 1.10 bits per heavy atom. The van der Waals surface area contributed by atoms with Crippen molar-refractivity contribution in [3.63, 3.8) is 0 Å². The third kappa shape index (κ3) is 4.74. The maximum Gasteiger partial charge on any atom is 0.266 e. The van der Waals surface area contributed by atoms with Crippen LogP contribution in [0.15, 0.2) is 75.1 Å². The van der Waals surface area contributed by atoms with E-state index in [2.05, 4.69) is 15.4 Å². The van der Waals surface area contributed by atoms with Crippen LogP contribution < -0.4 is 10.9 Å². The minimum Gasteiger partial charge on any atom is -0.431 e. The van der Waals surface area contributed by atoms with Crippen molar-refractivity contribution in [3.8, 4) is 11.3 Å². The number of nitrogens with one attached hydrogen (secondary N) is 1. The molecule has 0 aliphatic carbocycles. The van der Waals surface area contributed by atoms with Gasteiger partial charge in [-0.05, 0) is 42.5 Å². The number of amides is 1. The number of hydrogen-bond donors (Lipinski definition) is 1. The summed E-state index contributed by atoms with van der Waals surface area (Å²) in [4.78, 5) is 28.4. The fourth-order valence-corrected chi connectivity index (χ4v) is 3.44. The average molecular weight is 424 g/mol. The third-order valence-electron chi connectivity index (χ3n) is 4.25. The van der Waals surface area contributed by atoms with Crippen molar-refractivity contribution in [1.29, 1.82) is 0 Å². The molecule has 2 aromatic heterocycles. The van der Waals surface area contributed by atoms with Gasteiger partial charge in [0, 0.05) is 18.2 Å². The van der Waals surface area contributed by atoms with E-state index in [9.17, 15) is 14.0 Å². The van der Waals surface area contributed by atoms with Crippen LogP contribution in [0.5, 0.6) is 0 Å². The molecule has 2 aromatic carbocycles. The molecule has 0 spiro atoms. The van der Waals surface area contributed by atoms with Gasteiger partial charge in [0.1, 0.15) is 11.3 Å². The van der Waals surface area contributed by atoms with E-state index in [1.165, 1.54) is 34.6 Å². The first-order valence-electron chi connectivity index (χ1n) is 9.18. The number of oxazole rings is 1. The molecule has 1 N–H and O–H groups in total. The smallest absolute Gasteiger partial charge is 0.266 e. The SMILES string of the molecule is O=C(CSc1nc2ccccc2o1)NCCn1nc(-c2ccc(F)cc2)ccc1=O. The van der Waals surface area contributed by atoms with Gasteiger partial charge >= 0.3 is 0 Å². The minimum atomic E-state index is -0.342. The molecule has 0 bridgehead atoms. The molecule has 0 fully saturated rings. The van der Waals surface area contributed by atoms with E-state index >= 15 is 0 Å². The lowest BCUT2D eigenvalue weighted by Gasteiger charge is -2.08. The monoisotopic (exact) mass is 424 g/mol. The van der Waals surface area contributed by atoms with E-state index in [1.54, 1.807) is 18.2 Å². The van der Waals surface area contributed by atoms with Gasteiger partial charge in [0.2, 0.25) is 5.91 Å². The molecule has 9 heteroatoms. The Balaban J connectivity index is 1.31. The number of rotatable bonds is 7. The largest absolute Gasteiger partial charge is 0.431 e. The number of halogens is 1. The first-order chi connectivity index (χ1) is 14.6. The zero-order chi connectivity index (χ0) is 20.9. The molecule has 152 valence electrons. The molecule has 0 aliphatic rings. The lowest BCUT2D eigenvalue weighted by atomic mass is 10.1. The highest BCUT2D eigenvalue weighted by atomic mass is 32.2. The number of fused-ring (bicyclic) bond motifs is 1. The quantitative estimate of drug-likeness (QED) is 0.459. The Labute approximate surface area is 174 Å². The van der Waals surface area contributed by atoms with Gasteiger partial charge in [-0.15, -0.1) is 0 Å². The average Bonchev–Trinajstić information content (AvgIpc) is 3.17. The first kappa shape index (κ1) is 19.8. The van der Waals surface area contributed by atoms with Crippen molar-refractivity contribution in [1.82, 2.24) is 20.1 Å². The number of benzene rings is 2. The van der Waals surface area contributed by atoms with Gasteiger partial charge in [-0.2, -0.15) is 5.10 Å². The molecule has 7 nitrogen and oxygen atoms in total. The fourth-order valence-electron chi connectivity index (χ4n) is 2.78. The normalized spacial score (nSPS) is 11.0. The Hall–Kier alpha value is -3.46. The van der Waals surface area contributed by atoms with Crippen molar-refractivity contribution < 1.29 is 13.6 Å². The summed E-state index contributed by atoms with van der Waals surface area (Å²) in [5.41, 5.74) is 2.38. The van der Waals surface area contributed by atoms with Crippen molar-refractivity contribution in [2.75, 3.05) is 12.3 Å². The molecule has 0 unspecified atom stereocenters. The van der Waals surface area contributed by atoms with Gasteiger partial charge in [-0.3, -0.25) is 9.59 Å². The van der Waals surface area contributed by atoms with Crippen LogP contribution in [0.1, 0.15) is 0 Å². The highest BCUT2D eigenvalue weighted by molar-refractivity contribution is 7.99. The molecule has 0 saturated carbocycles. The zero-order valence-corrected chi connectivity index (χ0v) is 16.6. The highest BCUT2D eigenvalue weighted by Gasteiger charge is 2.09. The van der Waals surface area contributed by atoms with Crippen LogP contribution in [0.2, 0.25) is 0 Å². The van der Waals surface area contributed by atoms with Gasteiger partial charge in [-0.25, -0.2) is 14.1 Å². The van der Waals surface area contributed by atoms with Crippen molar-refractivity contribution in [2.45, 2.75) is 11.8 Å². The number of thioether (sulfide) groups is 1. The number of hydrogen-bond acceptors (Lipinski definition) is 6. The van der Waals surface area contributed by atoms with Crippen LogP contribution in [0.3, 0.4) is 0 Å². The van der Waals surface area contributed by atoms with Crippen LogP contribution in [0, 0.1) is 5.82 Å². The summed E-state index contributed by atoms with van der Waals surface area (Å²) in [5, 5.41) is 7.46. The summed E-state index contributed by atoms with van der Waals surface area (Å²) < 4.78 is 19.9. The van der Waals surface area contributed by atoms with Crippen molar-refractivity contribution >= 4 is 28.8 Å². The van der Waals surface area contributed by atoms with E-state index in [0.717, 1.165) is 5.52 Å². The summed E-state index contributed by atoms with van der Waals surface area (Å²) in [6, 6.07) is 16.2. The molecule has 2 heterocycles. The van der Waals surface area contributed by atoms with Crippen molar-refractivity contribution in [3.05, 3.63) is 76.8 Å². The van der Waals surface area contributed by atoms with E-state index in [-0.39, 0.29) is 36.1 Å². The number of carbonyl (C=O) groups excluding carboxylic acids is 1. The molecule has 30 heavy (non-hydrogen) atoms. The van der Waals surface area contributed by atoms with Gasteiger partial charge in [0.05, 0.1) is 18.0 Å². The second kappa shape index (κ2) is 8.91. The lowest BCUT2D eigenvalue weighted by molar-refractivity contribution is -0.118. The van der Waals surface area contributed by atoms with E-state index in [4.69, 9.17) is 4.42 Å². The minimum absolute atomic E-state index is 0.144. The van der Waals surface area contributed by atoms with Gasteiger partial charge in [-0.1, -0.05) is 23.9 Å². The highest BCUT2D eigenvalue weighted by Crippen LogP contribution is 2.22. The van der Waals surface area contributed by atoms with Crippen molar-refractivity contribution in [2.24, 2.45) is 0 Å². The second-order valence-corrected chi connectivity index (χ2v) is 7.30. The summed E-state index contributed by atoms with van der Waals surface area (Å²) in [6.45, 7) is 0.458. The predicted molar refractivity (Wildman–Crippen MR) is 112 cm³/mol. The maximum absolute atomic E-state index is 13.1. The topological polar surface area (TPSA) is 90.0 Å². The summed E-state index contributed by atoms with van der Waals surface area (Å²) in [6.07, 6.45) is 0. The summed E-state index contributed by atoms with van der Waals surface area (Å²) in [7, 11) is 0. The number of carbonyl (C=O) groups is 1. The molecule has 0 atom stereocenters. The summed E-state index contributed by atoms with van der Waals surface area (Å²) in [5.74, 6) is -0.402. The van der Waals surface area contributed by atoms with Gasteiger partial charge in [0.25, 0.3) is 10.8 Å². The number of para-hydroxylation sites is 2. The Morgan fingerprint density at radius 2 is 1.90 bits per heavy atom. The summed E-state index contributed by atoms with van der Waals surface area (Å²) >= 11 is 1.20. The Bertz CT molecular complexity index is 1200. The molecule has 1 amide bonds. The predicted octanol–water partition coefficient (Wildman–Crippen LogP) is 3.10. The van der Waals surface area contributed by atoms with E-state index < -0.39 is 0 Å². The first-order valence-corrected chi connectivity index (χ1v) is 10.2. The standard InChI is InChI=1S/C21H17FN4O3S/c22-15-7-5-14(6-8-15)16-9-10-20(28)26(25-16)12-11-23-19(27)13-30-21-24-17-3-1-2-4-18(17)29-21/h1-10H,11-13H2,(H,23,27). The van der Waals surface area contributed by atoms with Crippen LogP contribution in [0.25, 0.3) is 22.4 Å². The van der Waals surface area contributed by atoms with Crippen LogP contribution in [0.4, 0.5) is 4.39 Å². The molecule has 0 aliphatic heterocycles. The van der Waals surface area contributed by atoms with Gasteiger partial charge in [0.15, 0.2) is 5.58 Å². The van der Waals surface area contributed by atoms with Crippen LogP contribution >= 0.6 is 11.8 Å². The van der Waals surface area contributed by atoms with Crippen LogP contribution in [-0.2, 0) is 11.3 Å². The molecule has 0 radical (unpaired) electrons. The molecular weight excluding hydrogens is 407 g/mol.